The number of aryl methyl sites for hydroxylation is 1. The number of hydrogen-bond donors (Lipinski definition) is 0. The average Bonchev–Trinajstić information content (AvgIpc) is 2.95. The Morgan fingerprint density at radius 3 is 2.43 bits per heavy atom. The molecule has 4 rings (SSSR count). The Balaban J connectivity index is 1.73. The van der Waals surface area contributed by atoms with Gasteiger partial charge < -0.3 is 0 Å². The fourth-order valence-corrected chi connectivity index (χ4v) is 3.41. The summed E-state index contributed by atoms with van der Waals surface area (Å²) in [4.78, 5) is 12.9. The lowest BCUT2D eigenvalue weighted by atomic mass is 9.94. The summed E-state index contributed by atoms with van der Waals surface area (Å²) in [7, 11) is 0. The molecule has 0 atom stereocenters. The van der Waals surface area contributed by atoms with Gasteiger partial charge in [0.1, 0.15) is 0 Å². The van der Waals surface area contributed by atoms with E-state index >= 15 is 0 Å². The molecule has 0 unspecified atom stereocenters. The fraction of sp³-hybridized carbons (Fsp3) is 0.136. The van der Waals surface area contributed by atoms with Crippen molar-refractivity contribution in [2.75, 3.05) is 0 Å². The summed E-state index contributed by atoms with van der Waals surface area (Å²) in [5, 5.41) is 0. The molecule has 0 saturated carbocycles. The van der Waals surface area contributed by atoms with E-state index in [1.54, 1.807) is 0 Å². The quantitative estimate of drug-likeness (QED) is 0.487. The third-order valence-corrected chi connectivity index (χ3v) is 4.60. The molecule has 0 bridgehead atoms. The van der Waals surface area contributed by atoms with Crippen LogP contribution in [0.4, 0.5) is 0 Å². The van der Waals surface area contributed by atoms with Crippen molar-refractivity contribution in [1.82, 2.24) is 0 Å². The SMILES string of the molecule is Cc1ccc(CC(=O)c2cccc3c2-c2ccccc2C3)cc1. The molecule has 0 radical (unpaired) electrons. The van der Waals surface area contributed by atoms with E-state index < -0.39 is 0 Å². The van der Waals surface area contributed by atoms with Crippen LogP contribution in [-0.4, -0.2) is 5.78 Å². The van der Waals surface area contributed by atoms with Gasteiger partial charge in [-0.15, -0.1) is 0 Å². The van der Waals surface area contributed by atoms with Crippen molar-refractivity contribution in [3.8, 4) is 11.1 Å². The van der Waals surface area contributed by atoms with Crippen molar-refractivity contribution in [2.24, 2.45) is 0 Å². The molecule has 0 saturated heterocycles. The minimum atomic E-state index is 0.197. The topological polar surface area (TPSA) is 17.1 Å². The first-order valence-corrected chi connectivity index (χ1v) is 8.01. The van der Waals surface area contributed by atoms with Gasteiger partial charge in [0.15, 0.2) is 5.78 Å². The van der Waals surface area contributed by atoms with Gasteiger partial charge in [-0.25, -0.2) is 0 Å². The number of rotatable bonds is 3. The van der Waals surface area contributed by atoms with Crippen LogP contribution in [0.5, 0.6) is 0 Å². The minimum absolute atomic E-state index is 0.197. The molecule has 0 heterocycles. The molecule has 0 amide bonds. The second-order valence-corrected chi connectivity index (χ2v) is 6.26. The van der Waals surface area contributed by atoms with Gasteiger partial charge in [-0.1, -0.05) is 72.3 Å². The standard InChI is InChI=1S/C22H18O/c1-15-9-11-16(12-10-15)13-21(23)20-8-4-6-18-14-17-5-2-3-7-19(17)22(18)20/h2-12H,13-14H2,1H3. The van der Waals surface area contributed by atoms with Crippen LogP contribution in [0.1, 0.15) is 32.6 Å². The lowest BCUT2D eigenvalue weighted by Crippen LogP contribution is -2.05. The summed E-state index contributed by atoms with van der Waals surface area (Å²) in [6.45, 7) is 2.06. The highest BCUT2D eigenvalue weighted by molar-refractivity contribution is 6.05. The van der Waals surface area contributed by atoms with E-state index in [1.165, 1.54) is 22.3 Å². The molecule has 1 aliphatic carbocycles. The summed E-state index contributed by atoms with van der Waals surface area (Å²) in [6.07, 6.45) is 1.38. The monoisotopic (exact) mass is 298 g/mol. The third kappa shape index (κ3) is 2.49. The number of Topliss-reactive ketones (excluding diaryl/α,β-unsaturated/α-hetero) is 1. The number of benzene rings is 3. The second-order valence-electron chi connectivity index (χ2n) is 6.26. The molecular formula is C22H18O. The maximum atomic E-state index is 12.9. The lowest BCUT2D eigenvalue weighted by Gasteiger charge is -2.09. The van der Waals surface area contributed by atoms with Crippen LogP contribution in [0.15, 0.2) is 66.7 Å². The Labute approximate surface area is 136 Å². The van der Waals surface area contributed by atoms with E-state index in [0.29, 0.717) is 6.42 Å². The Morgan fingerprint density at radius 1 is 0.870 bits per heavy atom. The first-order valence-electron chi connectivity index (χ1n) is 8.01. The zero-order chi connectivity index (χ0) is 15.8. The Hall–Kier alpha value is -2.67. The van der Waals surface area contributed by atoms with E-state index in [-0.39, 0.29) is 5.78 Å². The molecular weight excluding hydrogens is 280 g/mol. The second kappa shape index (κ2) is 5.51. The van der Waals surface area contributed by atoms with Crippen molar-refractivity contribution in [3.05, 3.63) is 94.5 Å². The number of carbonyl (C=O) groups excluding carboxylic acids is 1. The predicted molar refractivity (Wildman–Crippen MR) is 93.9 cm³/mol. The Bertz CT molecular complexity index is 888. The molecule has 0 spiro atoms. The molecule has 112 valence electrons. The van der Waals surface area contributed by atoms with Gasteiger partial charge in [-0.2, -0.15) is 0 Å². The average molecular weight is 298 g/mol. The number of fused-ring (bicyclic) bond motifs is 3. The van der Waals surface area contributed by atoms with Gasteiger partial charge in [-0.3, -0.25) is 4.79 Å². The smallest absolute Gasteiger partial charge is 0.167 e. The van der Waals surface area contributed by atoms with Gasteiger partial charge in [-0.05, 0) is 41.2 Å². The fourth-order valence-electron chi connectivity index (χ4n) is 3.41. The van der Waals surface area contributed by atoms with Gasteiger partial charge in [0.25, 0.3) is 0 Å². The largest absolute Gasteiger partial charge is 0.294 e. The summed E-state index contributed by atoms with van der Waals surface area (Å²) < 4.78 is 0. The summed E-state index contributed by atoms with van der Waals surface area (Å²) in [5.74, 6) is 0.197. The number of hydrogen-bond acceptors (Lipinski definition) is 1. The van der Waals surface area contributed by atoms with Crippen LogP contribution in [0.3, 0.4) is 0 Å². The predicted octanol–water partition coefficient (Wildman–Crippen LogP) is 4.99. The van der Waals surface area contributed by atoms with Crippen molar-refractivity contribution in [1.29, 1.82) is 0 Å². The van der Waals surface area contributed by atoms with Crippen LogP contribution in [0, 0.1) is 6.92 Å². The van der Waals surface area contributed by atoms with Gasteiger partial charge in [0.05, 0.1) is 0 Å². The number of carbonyl (C=O) groups is 1. The van der Waals surface area contributed by atoms with Crippen molar-refractivity contribution < 1.29 is 4.79 Å². The van der Waals surface area contributed by atoms with E-state index in [9.17, 15) is 4.79 Å². The Morgan fingerprint density at radius 2 is 1.61 bits per heavy atom. The van der Waals surface area contributed by atoms with Crippen molar-refractivity contribution >= 4 is 5.78 Å². The molecule has 0 fully saturated rings. The van der Waals surface area contributed by atoms with Crippen molar-refractivity contribution in [3.63, 3.8) is 0 Å². The molecule has 1 nitrogen and oxygen atoms in total. The van der Waals surface area contributed by atoms with Crippen LogP contribution in [0.25, 0.3) is 11.1 Å². The first-order chi connectivity index (χ1) is 11.2. The van der Waals surface area contributed by atoms with Crippen LogP contribution in [-0.2, 0) is 12.8 Å². The van der Waals surface area contributed by atoms with Crippen LogP contribution >= 0.6 is 0 Å². The van der Waals surface area contributed by atoms with E-state index in [2.05, 4.69) is 49.4 Å². The summed E-state index contributed by atoms with van der Waals surface area (Å²) in [6, 6.07) is 22.7. The molecule has 3 aromatic carbocycles. The summed E-state index contributed by atoms with van der Waals surface area (Å²) >= 11 is 0. The molecule has 23 heavy (non-hydrogen) atoms. The highest BCUT2D eigenvalue weighted by Gasteiger charge is 2.23. The van der Waals surface area contributed by atoms with Gasteiger partial charge in [0, 0.05) is 12.0 Å². The third-order valence-electron chi connectivity index (χ3n) is 4.60. The highest BCUT2D eigenvalue weighted by atomic mass is 16.1. The van der Waals surface area contributed by atoms with Crippen LogP contribution in [0.2, 0.25) is 0 Å². The molecule has 0 aliphatic heterocycles. The normalized spacial score (nSPS) is 11.9. The Kier molecular flexibility index (Phi) is 3.34. The maximum Gasteiger partial charge on any atom is 0.167 e. The van der Waals surface area contributed by atoms with Crippen molar-refractivity contribution in [2.45, 2.75) is 19.8 Å². The van der Waals surface area contributed by atoms with E-state index in [0.717, 1.165) is 23.1 Å². The van der Waals surface area contributed by atoms with E-state index in [1.807, 2.05) is 24.3 Å². The van der Waals surface area contributed by atoms with E-state index in [4.69, 9.17) is 0 Å². The lowest BCUT2D eigenvalue weighted by molar-refractivity contribution is 0.0993. The zero-order valence-corrected chi connectivity index (χ0v) is 13.2. The minimum Gasteiger partial charge on any atom is -0.294 e. The van der Waals surface area contributed by atoms with Gasteiger partial charge >= 0.3 is 0 Å². The molecule has 0 aromatic heterocycles. The first kappa shape index (κ1) is 14.0. The summed E-state index contributed by atoms with van der Waals surface area (Å²) in [5.41, 5.74) is 8.09. The number of ketones is 1. The van der Waals surface area contributed by atoms with Crippen LogP contribution < -0.4 is 0 Å². The highest BCUT2D eigenvalue weighted by Crippen LogP contribution is 2.39. The molecule has 3 aromatic rings. The van der Waals surface area contributed by atoms with Gasteiger partial charge in [0.2, 0.25) is 0 Å². The zero-order valence-electron chi connectivity index (χ0n) is 13.2. The molecule has 1 heteroatoms. The molecule has 0 N–H and O–H groups in total. The molecule has 1 aliphatic rings. The maximum absolute atomic E-state index is 12.9.